The number of aromatic nitrogens is 2. The van der Waals surface area contributed by atoms with Gasteiger partial charge in [0.15, 0.2) is 0 Å². The quantitative estimate of drug-likeness (QED) is 0.937. The van der Waals surface area contributed by atoms with Crippen LogP contribution in [0.25, 0.3) is 0 Å². The monoisotopic (exact) mass is 331 g/mol. The summed E-state index contributed by atoms with van der Waals surface area (Å²) in [5.41, 5.74) is 7.29. The first-order chi connectivity index (χ1) is 9.00. The third-order valence-electron chi connectivity index (χ3n) is 2.70. The maximum absolute atomic E-state index is 12.4. The van der Waals surface area contributed by atoms with Crippen LogP contribution in [0.15, 0.2) is 34.9 Å². The van der Waals surface area contributed by atoms with E-state index in [-0.39, 0.29) is 5.75 Å². The molecule has 1 atom stereocenters. The molecule has 0 aliphatic rings. The Morgan fingerprint density at radius 2 is 2.05 bits per heavy atom. The van der Waals surface area contributed by atoms with E-state index in [1.54, 1.807) is 36.1 Å². The van der Waals surface area contributed by atoms with Gasteiger partial charge < -0.3 is 10.5 Å². The van der Waals surface area contributed by atoms with Crippen molar-refractivity contribution in [2.45, 2.75) is 12.7 Å². The minimum Gasteiger partial charge on any atom is -0.434 e. The van der Waals surface area contributed by atoms with E-state index in [2.05, 4.69) is 25.8 Å². The molecular weight excluding hydrogens is 320 g/mol. The maximum Gasteiger partial charge on any atom is 0.387 e. The van der Waals surface area contributed by atoms with Gasteiger partial charge in [0.1, 0.15) is 5.75 Å². The van der Waals surface area contributed by atoms with Crippen LogP contribution < -0.4 is 10.5 Å². The average molecular weight is 332 g/mol. The van der Waals surface area contributed by atoms with Crippen LogP contribution in [0.2, 0.25) is 0 Å². The molecular formula is C12H12BrF2N3O. The molecule has 4 nitrogen and oxygen atoms in total. The number of ether oxygens (including phenoxy) is 1. The second-order valence-electron chi connectivity index (χ2n) is 3.90. The first-order valence-corrected chi connectivity index (χ1v) is 6.26. The van der Waals surface area contributed by atoms with Crippen molar-refractivity contribution >= 4 is 15.9 Å². The lowest BCUT2D eigenvalue weighted by atomic mass is 10.0. The van der Waals surface area contributed by atoms with Crippen molar-refractivity contribution in [3.63, 3.8) is 0 Å². The molecule has 19 heavy (non-hydrogen) atoms. The summed E-state index contributed by atoms with van der Waals surface area (Å²) < 4.78 is 31.5. The van der Waals surface area contributed by atoms with Crippen molar-refractivity contribution in [1.82, 2.24) is 9.78 Å². The van der Waals surface area contributed by atoms with Gasteiger partial charge in [-0.3, -0.25) is 4.68 Å². The number of hydrogen-bond donors (Lipinski definition) is 1. The molecule has 0 radical (unpaired) electrons. The smallest absolute Gasteiger partial charge is 0.387 e. The van der Waals surface area contributed by atoms with Gasteiger partial charge in [0, 0.05) is 12.6 Å². The molecule has 2 N–H and O–H groups in total. The number of benzene rings is 1. The Balaban J connectivity index is 2.41. The molecule has 0 spiro atoms. The summed E-state index contributed by atoms with van der Waals surface area (Å²) in [5.74, 6) is 0.0677. The average Bonchev–Trinajstić information content (AvgIpc) is 2.68. The van der Waals surface area contributed by atoms with E-state index in [1.807, 2.05) is 0 Å². The Kier molecular flexibility index (Phi) is 4.16. The second kappa shape index (κ2) is 5.66. The van der Waals surface area contributed by atoms with Crippen LogP contribution in [0, 0.1) is 0 Å². The van der Waals surface area contributed by atoms with E-state index in [9.17, 15) is 8.78 Å². The molecule has 0 saturated heterocycles. The molecule has 1 aromatic carbocycles. The van der Waals surface area contributed by atoms with Gasteiger partial charge in [-0.2, -0.15) is 13.9 Å². The summed E-state index contributed by atoms with van der Waals surface area (Å²) in [5, 5.41) is 4.05. The summed E-state index contributed by atoms with van der Waals surface area (Å²) in [7, 11) is 1.73. The van der Waals surface area contributed by atoms with Gasteiger partial charge in [0.2, 0.25) is 0 Å². The first-order valence-electron chi connectivity index (χ1n) is 5.47. The zero-order chi connectivity index (χ0) is 14.0. The van der Waals surface area contributed by atoms with Crippen LogP contribution in [-0.4, -0.2) is 16.4 Å². The lowest BCUT2D eigenvalue weighted by Gasteiger charge is -2.17. The fraction of sp³-hybridized carbons (Fsp3) is 0.250. The Morgan fingerprint density at radius 3 is 2.63 bits per heavy atom. The van der Waals surface area contributed by atoms with E-state index >= 15 is 0 Å². The SMILES string of the molecule is Cn1ncc(Br)c1C(N)c1ccccc1OC(F)F. The Labute approximate surface area is 117 Å². The highest BCUT2D eigenvalue weighted by atomic mass is 79.9. The number of rotatable bonds is 4. The van der Waals surface area contributed by atoms with Crippen LogP contribution in [0.5, 0.6) is 5.75 Å². The number of halogens is 3. The van der Waals surface area contributed by atoms with Crippen LogP contribution in [0.3, 0.4) is 0 Å². The highest BCUT2D eigenvalue weighted by molar-refractivity contribution is 9.10. The van der Waals surface area contributed by atoms with Crippen LogP contribution >= 0.6 is 15.9 Å². The van der Waals surface area contributed by atoms with E-state index < -0.39 is 12.7 Å². The predicted octanol–water partition coefficient (Wildman–Crippen LogP) is 2.83. The van der Waals surface area contributed by atoms with E-state index in [4.69, 9.17) is 5.73 Å². The van der Waals surface area contributed by atoms with Crippen molar-refractivity contribution in [3.05, 3.63) is 46.2 Å². The third kappa shape index (κ3) is 2.93. The molecule has 0 aliphatic carbocycles. The Bertz CT molecular complexity index is 554. The minimum atomic E-state index is -2.89. The maximum atomic E-state index is 12.4. The molecule has 0 fully saturated rings. The van der Waals surface area contributed by atoms with Crippen molar-refractivity contribution in [2.24, 2.45) is 12.8 Å². The minimum absolute atomic E-state index is 0.0677. The number of alkyl halides is 2. The van der Waals surface area contributed by atoms with E-state index in [1.165, 1.54) is 6.07 Å². The van der Waals surface area contributed by atoms with Gasteiger partial charge in [-0.05, 0) is 22.0 Å². The summed E-state index contributed by atoms with van der Waals surface area (Å²) in [6.45, 7) is -2.89. The van der Waals surface area contributed by atoms with Gasteiger partial charge >= 0.3 is 6.61 Å². The first kappa shape index (κ1) is 14.0. The number of nitrogens with zero attached hydrogens (tertiary/aromatic N) is 2. The molecule has 2 aromatic rings. The summed E-state index contributed by atoms with van der Waals surface area (Å²) in [6, 6.07) is 5.84. The number of para-hydroxylation sites is 1. The fourth-order valence-corrected chi connectivity index (χ4v) is 2.45. The number of aryl methyl sites for hydroxylation is 1. The highest BCUT2D eigenvalue weighted by Gasteiger charge is 2.21. The van der Waals surface area contributed by atoms with E-state index in [0.717, 1.165) is 0 Å². The standard InChI is InChI=1S/C12H12BrF2N3O/c1-18-11(8(13)6-17-18)10(16)7-4-2-3-5-9(7)19-12(14)15/h2-6,10,12H,16H2,1H3. The molecule has 102 valence electrons. The van der Waals surface area contributed by atoms with Gasteiger partial charge in [-0.25, -0.2) is 0 Å². The molecule has 0 aliphatic heterocycles. The van der Waals surface area contributed by atoms with Crippen LogP contribution in [0.4, 0.5) is 8.78 Å². The Morgan fingerprint density at radius 1 is 1.37 bits per heavy atom. The van der Waals surface area contributed by atoms with E-state index in [0.29, 0.717) is 15.7 Å². The largest absolute Gasteiger partial charge is 0.434 e. The van der Waals surface area contributed by atoms with Crippen molar-refractivity contribution in [1.29, 1.82) is 0 Å². The molecule has 7 heteroatoms. The van der Waals surface area contributed by atoms with Crippen LogP contribution in [-0.2, 0) is 7.05 Å². The summed E-state index contributed by atoms with van der Waals surface area (Å²) in [4.78, 5) is 0. The molecule has 1 unspecified atom stereocenters. The summed E-state index contributed by atoms with van der Waals surface area (Å²) >= 11 is 3.34. The third-order valence-corrected chi connectivity index (χ3v) is 3.31. The number of hydrogen-bond acceptors (Lipinski definition) is 3. The van der Waals surface area contributed by atoms with Crippen molar-refractivity contribution < 1.29 is 13.5 Å². The number of nitrogens with two attached hydrogens (primary N) is 1. The molecule has 2 rings (SSSR count). The normalized spacial score (nSPS) is 12.7. The molecule has 0 bridgehead atoms. The summed E-state index contributed by atoms with van der Waals surface area (Å²) in [6.07, 6.45) is 1.60. The molecule has 0 amide bonds. The lowest BCUT2D eigenvalue weighted by Crippen LogP contribution is -2.18. The van der Waals surface area contributed by atoms with Crippen LogP contribution in [0.1, 0.15) is 17.3 Å². The highest BCUT2D eigenvalue weighted by Crippen LogP contribution is 2.32. The predicted molar refractivity (Wildman–Crippen MR) is 70.0 cm³/mol. The molecule has 1 heterocycles. The second-order valence-corrected chi connectivity index (χ2v) is 4.75. The Hall–Kier alpha value is -1.47. The fourth-order valence-electron chi connectivity index (χ4n) is 1.86. The van der Waals surface area contributed by atoms with Gasteiger partial charge in [0.25, 0.3) is 0 Å². The lowest BCUT2D eigenvalue weighted by molar-refractivity contribution is -0.0505. The zero-order valence-corrected chi connectivity index (χ0v) is 11.6. The van der Waals surface area contributed by atoms with Gasteiger partial charge in [0.05, 0.1) is 22.4 Å². The zero-order valence-electron chi connectivity index (χ0n) is 10.1. The topological polar surface area (TPSA) is 53.1 Å². The van der Waals surface area contributed by atoms with Crippen molar-refractivity contribution in [2.75, 3.05) is 0 Å². The van der Waals surface area contributed by atoms with Crippen molar-refractivity contribution in [3.8, 4) is 5.75 Å². The van der Waals surface area contributed by atoms with Gasteiger partial charge in [-0.1, -0.05) is 18.2 Å². The molecule has 0 saturated carbocycles. The van der Waals surface area contributed by atoms with Gasteiger partial charge in [-0.15, -0.1) is 0 Å². The molecule has 1 aromatic heterocycles.